The van der Waals surface area contributed by atoms with Crippen LogP contribution < -0.4 is 20.1 Å². The summed E-state index contributed by atoms with van der Waals surface area (Å²) in [5.41, 5.74) is 2.72. The zero-order valence-corrected chi connectivity index (χ0v) is 15.9. The van der Waals surface area contributed by atoms with Crippen molar-refractivity contribution in [3.63, 3.8) is 0 Å². The second-order valence-electron chi connectivity index (χ2n) is 6.31. The van der Waals surface area contributed by atoms with Crippen LogP contribution in [0.15, 0.2) is 78.9 Å². The first-order valence-corrected chi connectivity index (χ1v) is 9.20. The Hall–Kier alpha value is -3.47. The predicted molar refractivity (Wildman–Crippen MR) is 112 cm³/mol. The van der Waals surface area contributed by atoms with E-state index in [-0.39, 0.29) is 12.5 Å². The molecule has 0 aliphatic carbocycles. The van der Waals surface area contributed by atoms with Gasteiger partial charge in [0, 0.05) is 17.4 Å². The van der Waals surface area contributed by atoms with Crippen LogP contribution in [0.2, 0.25) is 0 Å². The highest BCUT2D eigenvalue weighted by Gasteiger charge is 2.03. The number of para-hydroxylation sites is 1. The van der Waals surface area contributed by atoms with E-state index in [2.05, 4.69) is 10.6 Å². The number of rotatable bonds is 9. The third-order valence-corrected chi connectivity index (χ3v) is 3.95. The highest BCUT2D eigenvalue weighted by Crippen LogP contribution is 2.17. The van der Waals surface area contributed by atoms with Crippen LogP contribution >= 0.6 is 0 Å². The fourth-order valence-corrected chi connectivity index (χ4v) is 2.64. The third kappa shape index (κ3) is 6.36. The molecule has 2 N–H and O–H groups in total. The van der Waals surface area contributed by atoms with Crippen molar-refractivity contribution in [2.75, 3.05) is 30.4 Å². The third-order valence-electron chi connectivity index (χ3n) is 3.95. The number of anilines is 2. The molecule has 0 aromatic heterocycles. The highest BCUT2D eigenvalue weighted by atomic mass is 16.5. The summed E-state index contributed by atoms with van der Waals surface area (Å²) in [5.74, 6) is 1.44. The second-order valence-corrected chi connectivity index (χ2v) is 6.31. The van der Waals surface area contributed by atoms with Crippen LogP contribution in [0.3, 0.4) is 0 Å². The van der Waals surface area contributed by atoms with E-state index in [1.165, 1.54) is 0 Å². The molecule has 144 valence electrons. The van der Waals surface area contributed by atoms with Crippen molar-refractivity contribution in [1.82, 2.24) is 0 Å². The van der Waals surface area contributed by atoms with Gasteiger partial charge in [-0.15, -0.1) is 0 Å². The number of carbonyl (C=O) groups excluding carboxylic acids is 1. The monoisotopic (exact) mass is 376 g/mol. The topological polar surface area (TPSA) is 59.6 Å². The number of nitrogens with one attached hydrogen (secondary N) is 2. The molecule has 0 bridgehead atoms. The molecule has 0 saturated heterocycles. The molecule has 0 saturated carbocycles. The highest BCUT2D eigenvalue weighted by molar-refractivity contribution is 5.93. The van der Waals surface area contributed by atoms with E-state index >= 15 is 0 Å². The number of hydrogen-bond donors (Lipinski definition) is 2. The van der Waals surface area contributed by atoms with Crippen molar-refractivity contribution < 1.29 is 14.3 Å². The van der Waals surface area contributed by atoms with Gasteiger partial charge in [0.1, 0.15) is 24.7 Å². The average molecular weight is 376 g/mol. The molecule has 5 nitrogen and oxygen atoms in total. The van der Waals surface area contributed by atoms with E-state index in [9.17, 15) is 4.79 Å². The fraction of sp³-hybridized carbons (Fsp3) is 0.174. The number of hydrogen-bond acceptors (Lipinski definition) is 4. The lowest BCUT2D eigenvalue weighted by molar-refractivity contribution is -0.114. The summed E-state index contributed by atoms with van der Waals surface area (Å²) in [4.78, 5) is 12.1. The maximum absolute atomic E-state index is 12.1. The SMILES string of the molecule is Cc1cccc(NC(=O)CNc2cccc(OCCOc3ccccc3)c2)c1. The smallest absolute Gasteiger partial charge is 0.243 e. The molecule has 0 atom stereocenters. The van der Waals surface area contributed by atoms with Crippen molar-refractivity contribution in [3.8, 4) is 11.5 Å². The van der Waals surface area contributed by atoms with Crippen LogP contribution in [-0.2, 0) is 4.79 Å². The average Bonchev–Trinajstić information content (AvgIpc) is 2.71. The van der Waals surface area contributed by atoms with Crippen LogP contribution in [0, 0.1) is 6.92 Å². The summed E-state index contributed by atoms with van der Waals surface area (Å²) < 4.78 is 11.3. The van der Waals surface area contributed by atoms with Gasteiger partial charge in [0.25, 0.3) is 0 Å². The van der Waals surface area contributed by atoms with E-state index < -0.39 is 0 Å². The van der Waals surface area contributed by atoms with E-state index in [1.54, 1.807) is 0 Å². The fourth-order valence-electron chi connectivity index (χ4n) is 2.64. The quantitative estimate of drug-likeness (QED) is 0.540. The normalized spacial score (nSPS) is 10.2. The summed E-state index contributed by atoms with van der Waals surface area (Å²) in [5, 5.41) is 5.99. The molecular weight excluding hydrogens is 352 g/mol. The first kappa shape index (κ1) is 19.3. The van der Waals surface area contributed by atoms with Crippen LogP contribution in [0.4, 0.5) is 11.4 Å². The zero-order chi connectivity index (χ0) is 19.6. The van der Waals surface area contributed by atoms with Gasteiger partial charge in [-0.25, -0.2) is 0 Å². The molecule has 0 spiro atoms. The molecule has 0 heterocycles. The van der Waals surface area contributed by atoms with Crippen LogP contribution in [0.5, 0.6) is 11.5 Å². The molecule has 5 heteroatoms. The Morgan fingerprint density at radius 2 is 1.46 bits per heavy atom. The molecule has 0 radical (unpaired) electrons. The van der Waals surface area contributed by atoms with Gasteiger partial charge < -0.3 is 20.1 Å². The van der Waals surface area contributed by atoms with Gasteiger partial charge in [0.05, 0.1) is 6.54 Å². The van der Waals surface area contributed by atoms with Gasteiger partial charge in [-0.3, -0.25) is 4.79 Å². The lowest BCUT2D eigenvalue weighted by Crippen LogP contribution is -2.21. The van der Waals surface area contributed by atoms with Crippen molar-refractivity contribution in [2.24, 2.45) is 0 Å². The van der Waals surface area contributed by atoms with Crippen molar-refractivity contribution >= 4 is 17.3 Å². The van der Waals surface area contributed by atoms with E-state index in [1.807, 2.05) is 85.8 Å². The minimum absolute atomic E-state index is 0.104. The maximum Gasteiger partial charge on any atom is 0.243 e. The largest absolute Gasteiger partial charge is 0.490 e. The first-order chi connectivity index (χ1) is 13.7. The molecule has 0 unspecified atom stereocenters. The van der Waals surface area contributed by atoms with Gasteiger partial charge in [-0.2, -0.15) is 0 Å². The predicted octanol–water partition coefficient (Wildman–Crippen LogP) is 4.50. The Morgan fingerprint density at radius 1 is 0.786 bits per heavy atom. The molecular formula is C23H24N2O3. The number of aryl methyl sites for hydroxylation is 1. The maximum atomic E-state index is 12.1. The van der Waals surface area contributed by atoms with Crippen molar-refractivity contribution in [1.29, 1.82) is 0 Å². The van der Waals surface area contributed by atoms with Crippen LogP contribution in [0.1, 0.15) is 5.56 Å². The van der Waals surface area contributed by atoms with Gasteiger partial charge in [-0.1, -0.05) is 36.4 Å². The van der Waals surface area contributed by atoms with Crippen molar-refractivity contribution in [2.45, 2.75) is 6.92 Å². The van der Waals surface area contributed by atoms with Crippen LogP contribution in [0.25, 0.3) is 0 Å². The van der Waals surface area contributed by atoms with Gasteiger partial charge >= 0.3 is 0 Å². The zero-order valence-electron chi connectivity index (χ0n) is 15.9. The summed E-state index contributed by atoms with van der Waals surface area (Å²) in [6.45, 7) is 3.06. The minimum Gasteiger partial charge on any atom is -0.490 e. The van der Waals surface area contributed by atoms with Gasteiger partial charge in [-0.05, 0) is 48.9 Å². The Kier molecular flexibility index (Phi) is 6.90. The number of ether oxygens (including phenoxy) is 2. The Morgan fingerprint density at radius 3 is 2.25 bits per heavy atom. The molecule has 0 fully saturated rings. The van der Waals surface area contributed by atoms with E-state index in [0.29, 0.717) is 13.2 Å². The van der Waals surface area contributed by atoms with Gasteiger partial charge in [0.15, 0.2) is 0 Å². The molecule has 3 aromatic carbocycles. The molecule has 0 aliphatic rings. The van der Waals surface area contributed by atoms with Crippen LogP contribution in [-0.4, -0.2) is 25.7 Å². The lowest BCUT2D eigenvalue weighted by Gasteiger charge is -2.11. The summed E-state index contributed by atoms with van der Waals surface area (Å²) in [7, 11) is 0. The second kappa shape index (κ2) is 10.0. The number of amides is 1. The lowest BCUT2D eigenvalue weighted by atomic mass is 10.2. The molecule has 0 aliphatic heterocycles. The summed E-state index contributed by atoms with van der Waals surface area (Å²) in [6.07, 6.45) is 0. The minimum atomic E-state index is -0.104. The molecule has 3 aromatic rings. The van der Waals surface area contributed by atoms with Gasteiger partial charge in [0.2, 0.25) is 5.91 Å². The molecule has 28 heavy (non-hydrogen) atoms. The first-order valence-electron chi connectivity index (χ1n) is 9.20. The Balaban J connectivity index is 1.42. The summed E-state index contributed by atoms with van der Waals surface area (Å²) >= 11 is 0. The van der Waals surface area contributed by atoms with E-state index in [0.717, 1.165) is 28.4 Å². The standard InChI is InChI=1S/C23H24N2O3/c1-18-7-5-9-20(15-18)25-23(26)17-24-19-8-6-12-22(16-19)28-14-13-27-21-10-3-2-4-11-21/h2-12,15-16,24H,13-14,17H2,1H3,(H,25,26). The molecule has 1 amide bonds. The Bertz CT molecular complexity index is 897. The van der Waals surface area contributed by atoms with E-state index in [4.69, 9.17) is 9.47 Å². The summed E-state index contributed by atoms with van der Waals surface area (Å²) in [6, 6.07) is 24.9. The van der Waals surface area contributed by atoms with Crippen molar-refractivity contribution in [3.05, 3.63) is 84.4 Å². The molecule has 3 rings (SSSR count). The Labute approximate surface area is 165 Å². The number of benzene rings is 3. The number of carbonyl (C=O) groups is 1.